The highest BCUT2D eigenvalue weighted by molar-refractivity contribution is 7.92. The molecule has 3 N–H and O–H groups in total. The van der Waals surface area contributed by atoms with Crippen LogP contribution in [0, 0.1) is 13.8 Å². The van der Waals surface area contributed by atoms with Crippen molar-refractivity contribution < 1.29 is 8.42 Å². The molecule has 7 nitrogen and oxygen atoms in total. The first-order chi connectivity index (χ1) is 8.83. The van der Waals surface area contributed by atoms with Crippen molar-refractivity contribution in [1.29, 1.82) is 0 Å². The monoisotopic (exact) mass is 281 g/mol. The molecule has 0 unspecified atom stereocenters. The summed E-state index contributed by atoms with van der Waals surface area (Å²) in [6.45, 7) is 3.33. The standard InChI is InChI=1S/C11H15N5O2S/c1-7-10(8(2)16(3)14-7)19(17,18)15-11-9(12)5-4-6-13-11/h4-6H,12H2,1-3H3,(H,13,15). The lowest BCUT2D eigenvalue weighted by atomic mass is 10.4. The van der Waals surface area contributed by atoms with Crippen LogP contribution >= 0.6 is 0 Å². The van der Waals surface area contributed by atoms with Gasteiger partial charge in [-0.1, -0.05) is 0 Å². The molecule has 0 spiro atoms. The summed E-state index contributed by atoms with van der Waals surface area (Å²) in [6, 6.07) is 3.21. The third-order valence-electron chi connectivity index (χ3n) is 2.78. The van der Waals surface area contributed by atoms with Crippen LogP contribution in [0.25, 0.3) is 0 Å². The van der Waals surface area contributed by atoms with E-state index < -0.39 is 10.0 Å². The SMILES string of the molecule is Cc1nn(C)c(C)c1S(=O)(=O)Nc1ncccc1N. The predicted octanol–water partition coefficient (Wildman–Crippen LogP) is 0.815. The summed E-state index contributed by atoms with van der Waals surface area (Å²) in [5.74, 6) is 0.116. The minimum Gasteiger partial charge on any atom is -0.396 e. The Bertz CT molecular complexity index is 721. The van der Waals surface area contributed by atoms with Gasteiger partial charge in [-0.15, -0.1) is 0 Å². The van der Waals surface area contributed by atoms with E-state index in [1.54, 1.807) is 33.0 Å². The Hall–Kier alpha value is -2.09. The second-order valence-electron chi connectivity index (χ2n) is 4.17. The Morgan fingerprint density at radius 1 is 1.37 bits per heavy atom. The van der Waals surface area contributed by atoms with Gasteiger partial charge in [-0.25, -0.2) is 13.4 Å². The lowest BCUT2D eigenvalue weighted by Gasteiger charge is -2.09. The lowest BCUT2D eigenvalue weighted by Crippen LogP contribution is -2.16. The summed E-state index contributed by atoms with van der Waals surface area (Å²) in [4.78, 5) is 4.07. The van der Waals surface area contributed by atoms with Crippen LogP contribution in [0.1, 0.15) is 11.4 Å². The number of nitrogens with zero attached hydrogens (tertiary/aromatic N) is 3. The molecule has 0 aromatic carbocycles. The van der Waals surface area contributed by atoms with Gasteiger partial charge in [0.25, 0.3) is 10.0 Å². The lowest BCUT2D eigenvalue weighted by molar-refractivity contribution is 0.599. The molecule has 0 fully saturated rings. The fourth-order valence-corrected chi connectivity index (χ4v) is 3.30. The molecule has 0 radical (unpaired) electrons. The Morgan fingerprint density at radius 2 is 2.05 bits per heavy atom. The highest BCUT2D eigenvalue weighted by atomic mass is 32.2. The fourth-order valence-electron chi connectivity index (χ4n) is 1.82. The Labute approximate surface area is 111 Å². The van der Waals surface area contributed by atoms with Crippen molar-refractivity contribution in [3.63, 3.8) is 0 Å². The van der Waals surface area contributed by atoms with E-state index in [0.29, 0.717) is 11.4 Å². The third kappa shape index (κ3) is 2.39. The van der Waals surface area contributed by atoms with Gasteiger partial charge in [-0.2, -0.15) is 5.10 Å². The van der Waals surface area contributed by atoms with Crippen LogP contribution in [0.3, 0.4) is 0 Å². The van der Waals surface area contributed by atoms with Gasteiger partial charge < -0.3 is 5.73 Å². The largest absolute Gasteiger partial charge is 0.396 e. The molecule has 2 heterocycles. The van der Waals surface area contributed by atoms with E-state index in [1.165, 1.54) is 10.9 Å². The van der Waals surface area contributed by atoms with Crippen LogP contribution < -0.4 is 10.5 Å². The number of sulfonamides is 1. The number of hydrogen-bond donors (Lipinski definition) is 2. The van der Waals surface area contributed by atoms with Gasteiger partial charge in [0.15, 0.2) is 5.82 Å². The number of anilines is 2. The Morgan fingerprint density at radius 3 is 2.58 bits per heavy atom. The summed E-state index contributed by atoms with van der Waals surface area (Å²) in [7, 11) is -2.06. The first-order valence-electron chi connectivity index (χ1n) is 5.56. The summed E-state index contributed by atoms with van der Waals surface area (Å²) >= 11 is 0. The quantitative estimate of drug-likeness (QED) is 0.866. The second-order valence-corrected chi connectivity index (χ2v) is 5.79. The van der Waals surface area contributed by atoms with Crippen molar-refractivity contribution in [2.24, 2.45) is 7.05 Å². The first-order valence-corrected chi connectivity index (χ1v) is 7.04. The molecule has 0 aliphatic carbocycles. The summed E-state index contributed by atoms with van der Waals surface area (Å²) in [5.41, 5.74) is 6.93. The highest BCUT2D eigenvalue weighted by Gasteiger charge is 2.24. The molecule has 0 bridgehead atoms. The molecule has 0 aliphatic heterocycles. The van der Waals surface area contributed by atoms with Crippen molar-refractivity contribution >= 4 is 21.5 Å². The molecule has 2 aromatic heterocycles. The Balaban J connectivity index is 2.47. The molecule has 0 saturated heterocycles. The summed E-state index contributed by atoms with van der Waals surface area (Å²) in [6.07, 6.45) is 1.47. The first kappa shape index (κ1) is 13.3. The zero-order valence-electron chi connectivity index (χ0n) is 10.9. The minimum atomic E-state index is -3.75. The van der Waals surface area contributed by atoms with Gasteiger partial charge in [0, 0.05) is 13.2 Å². The molecule has 0 saturated carbocycles. The van der Waals surface area contributed by atoms with Gasteiger partial charge in [0.05, 0.1) is 17.1 Å². The molecule has 19 heavy (non-hydrogen) atoms. The summed E-state index contributed by atoms with van der Waals surface area (Å²) in [5, 5.41) is 4.09. The number of nitrogen functional groups attached to an aromatic ring is 1. The van der Waals surface area contributed by atoms with Gasteiger partial charge in [0.1, 0.15) is 4.90 Å². The maximum atomic E-state index is 12.3. The zero-order chi connectivity index (χ0) is 14.2. The smallest absolute Gasteiger partial charge is 0.266 e. The number of pyridine rings is 1. The van der Waals surface area contributed by atoms with Crippen LogP contribution in [0.5, 0.6) is 0 Å². The number of aromatic nitrogens is 3. The van der Waals surface area contributed by atoms with E-state index in [-0.39, 0.29) is 16.4 Å². The number of hydrogen-bond acceptors (Lipinski definition) is 5. The third-order valence-corrected chi connectivity index (χ3v) is 4.37. The molecule has 102 valence electrons. The topological polar surface area (TPSA) is 103 Å². The number of aryl methyl sites for hydroxylation is 2. The van der Waals surface area contributed by atoms with Crippen LogP contribution in [0.15, 0.2) is 23.2 Å². The van der Waals surface area contributed by atoms with Gasteiger partial charge in [-0.3, -0.25) is 9.40 Å². The van der Waals surface area contributed by atoms with Gasteiger partial charge in [0.2, 0.25) is 0 Å². The molecular weight excluding hydrogens is 266 g/mol. The average molecular weight is 281 g/mol. The van der Waals surface area contributed by atoms with Gasteiger partial charge in [-0.05, 0) is 26.0 Å². The summed E-state index contributed by atoms with van der Waals surface area (Å²) < 4.78 is 28.6. The number of nitrogens with one attached hydrogen (secondary N) is 1. The average Bonchev–Trinajstić information content (AvgIpc) is 2.56. The van der Waals surface area contributed by atoms with Crippen LogP contribution in [0.2, 0.25) is 0 Å². The molecule has 8 heteroatoms. The van der Waals surface area contributed by atoms with E-state index in [4.69, 9.17) is 5.73 Å². The van der Waals surface area contributed by atoms with Crippen molar-refractivity contribution in [3.8, 4) is 0 Å². The molecular formula is C11H15N5O2S. The molecule has 0 amide bonds. The zero-order valence-corrected chi connectivity index (χ0v) is 11.7. The molecule has 2 rings (SSSR count). The van der Waals surface area contributed by atoms with Crippen molar-refractivity contribution in [3.05, 3.63) is 29.7 Å². The van der Waals surface area contributed by atoms with E-state index in [2.05, 4.69) is 14.8 Å². The Kier molecular flexibility index (Phi) is 3.19. The van der Waals surface area contributed by atoms with Crippen molar-refractivity contribution in [2.75, 3.05) is 10.5 Å². The maximum Gasteiger partial charge on any atom is 0.266 e. The number of nitrogens with two attached hydrogens (primary N) is 1. The van der Waals surface area contributed by atoms with Crippen LogP contribution in [-0.2, 0) is 17.1 Å². The van der Waals surface area contributed by atoms with E-state index in [1.807, 2.05) is 0 Å². The minimum absolute atomic E-state index is 0.116. The maximum absolute atomic E-state index is 12.3. The van der Waals surface area contributed by atoms with E-state index in [9.17, 15) is 8.42 Å². The van der Waals surface area contributed by atoms with Gasteiger partial charge >= 0.3 is 0 Å². The predicted molar refractivity (Wildman–Crippen MR) is 72.1 cm³/mol. The van der Waals surface area contributed by atoms with Crippen LogP contribution in [-0.4, -0.2) is 23.2 Å². The fraction of sp³-hybridized carbons (Fsp3) is 0.273. The van der Waals surface area contributed by atoms with Crippen molar-refractivity contribution in [2.45, 2.75) is 18.7 Å². The second kappa shape index (κ2) is 4.54. The van der Waals surface area contributed by atoms with Crippen LogP contribution in [0.4, 0.5) is 11.5 Å². The van der Waals surface area contributed by atoms with E-state index >= 15 is 0 Å². The molecule has 2 aromatic rings. The molecule has 0 atom stereocenters. The number of rotatable bonds is 3. The highest BCUT2D eigenvalue weighted by Crippen LogP contribution is 2.23. The van der Waals surface area contributed by atoms with E-state index in [0.717, 1.165) is 0 Å². The normalized spacial score (nSPS) is 11.5. The molecule has 0 aliphatic rings. The van der Waals surface area contributed by atoms with Crippen molar-refractivity contribution in [1.82, 2.24) is 14.8 Å².